The van der Waals surface area contributed by atoms with E-state index in [1.54, 1.807) is 20.1 Å². The van der Waals surface area contributed by atoms with Crippen molar-refractivity contribution in [3.8, 4) is 11.5 Å². The van der Waals surface area contributed by atoms with Crippen molar-refractivity contribution in [1.29, 1.82) is 0 Å². The molecule has 0 radical (unpaired) electrons. The number of nitrogens with one attached hydrogen (secondary N) is 1. The molecular formula is C21H27NO6S2. The molecule has 0 unspecified atom stereocenters. The molecule has 0 aromatic heterocycles. The van der Waals surface area contributed by atoms with E-state index in [4.69, 9.17) is 9.47 Å². The number of para-hydroxylation sites is 1. The smallest absolute Gasteiger partial charge is 0.183 e. The van der Waals surface area contributed by atoms with Crippen LogP contribution < -0.4 is 14.8 Å². The van der Waals surface area contributed by atoms with Crippen molar-refractivity contribution in [3.63, 3.8) is 0 Å². The molecule has 0 saturated carbocycles. The zero-order valence-corrected chi connectivity index (χ0v) is 18.9. The van der Waals surface area contributed by atoms with Gasteiger partial charge in [0.15, 0.2) is 19.7 Å². The van der Waals surface area contributed by atoms with Gasteiger partial charge in [-0.15, -0.1) is 0 Å². The summed E-state index contributed by atoms with van der Waals surface area (Å²) in [5.41, 5.74) is 1.65. The lowest BCUT2D eigenvalue weighted by atomic mass is 10.1. The van der Waals surface area contributed by atoms with Gasteiger partial charge in [-0.2, -0.15) is 0 Å². The van der Waals surface area contributed by atoms with Gasteiger partial charge in [0, 0.05) is 6.04 Å². The minimum absolute atomic E-state index is 0.111. The van der Waals surface area contributed by atoms with Crippen molar-refractivity contribution < 1.29 is 26.3 Å². The van der Waals surface area contributed by atoms with Gasteiger partial charge in [-0.1, -0.05) is 18.2 Å². The molecule has 3 rings (SSSR count). The zero-order chi connectivity index (χ0) is 21.9. The van der Waals surface area contributed by atoms with Crippen molar-refractivity contribution in [2.45, 2.75) is 29.5 Å². The molecule has 0 bridgehead atoms. The number of aryl methyl sites for hydroxylation is 1. The summed E-state index contributed by atoms with van der Waals surface area (Å²) >= 11 is 0. The summed E-state index contributed by atoms with van der Waals surface area (Å²) < 4.78 is 61.6. The second kappa shape index (κ2) is 8.95. The second-order valence-corrected chi connectivity index (χ2v) is 11.7. The average molecular weight is 454 g/mol. The van der Waals surface area contributed by atoms with Crippen LogP contribution in [0, 0.1) is 6.92 Å². The lowest BCUT2D eigenvalue weighted by Gasteiger charge is -2.21. The number of benzene rings is 2. The molecule has 1 fully saturated rings. The van der Waals surface area contributed by atoms with E-state index in [1.165, 1.54) is 19.2 Å². The van der Waals surface area contributed by atoms with Crippen LogP contribution in [0.5, 0.6) is 11.5 Å². The highest BCUT2D eigenvalue weighted by Gasteiger charge is 2.45. The van der Waals surface area contributed by atoms with Crippen LogP contribution in [0.2, 0.25) is 0 Å². The van der Waals surface area contributed by atoms with E-state index in [1.807, 2.05) is 24.3 Å². The Morgan fingerprint density at radius 3 is 2.40 bits per heavy atom. The summed E-state index contributed by atoms with van der Waals surface area (Å²) in [6, 6.07) is 11.5. The number of ether oxygens (including phenoxy) is 2. The topological polar surface area (TPSA) is 98.8 Å². The summed E-state index contributed by atoms with van der Waals surface area (Å²) in [4.78, 5) is 0.111. The van der Waals surface area contributed by atoms with Gasteiger partial charge in [-0.05, 0) is 55.3 Å². The fourth-order valence-electron chi connectivity index (χ4n) is 3.82. The van der Waals surface area contributed by atoms with Gasteiger partial charge in [0.1, 0.15) is 11.5 Å². The van der Waals surface area contributed by atoms with E-state index in [9.17, 15) is 16.8 Å². The quantitative estimate of drug-likeness (QED) is 0.650. The fourth-order valence-corrected chi connectivity index (χ4v) is 8.62. The Bertz CT molecular complexity index is 1110. The van der Waals surface area contributed by atoms with Gasteiger partial charge in [0.05, 0.1) is 35.9 Å². The third-order valence-corrected chi connectivity index (χ3v) is 9.54. The standard InChI is InChI=1S/C21H27NO6S2/c1-15-12-17(8-9-19(15)27-2)30(25,26)21-14-29(23,24)13-18(21)22-11-10-16-6-4-5-7-20(16)28-3/h4-9,12,18,21-22H,10-11,13-14H2,1-3H3/t18-,21-/m0/s1. The van der Waals surface area contributed by atoms with E-state index in [2.05, 4.69) is 5.32 Å². The normalized spacial score (nSPS) is 20.8. The van der Waals surface area contributed by atoms with Crippen LogP contribution in [0.1, 0.15) is 11.1 Å². The van der Waals surface area contributed by atoms with Crippen molar-refractivity contribution in [1.82, 2.24) is 5.32 Å². The molecule has 0 spiro atoms. The number of methoxy groups -OCH3 is 2. The van der Waals surface area contributed by atoms with Crippen LogP contribution in [0.4, 0.5) is 0 Å². The molecule has 1 aliphatic heterocycles. The van der Waals surface area contributed by atoms with Gasteiger partial charge in [-0.3, -0.25) is 0 Å². The first-order chi connectivity index (χ1) is 14.2. The minimum Gasteiger partial charge on any atom is -0.496 e. The molecule has 30 heavy (non-hydrogen) atoms. The van der Waals surface area contributed by atoms with Crippen LogP contribution in [0.3, 0.4) is 0 Å². The molecule has 1 aliphatic rings. The number of rotatable bonds is 8. The summed E-state index contributed by atoms with van der Waals surface area (Å²) in [5.74, 6) is 0.751. The second-order valence-electron chi connectivity index (χ2n) is 7.41. The summed E-state index contributed by atoms with van der Waals surface area (Å²) in [7, 11) is -4.19. The maximum absolute atomic E-state index is 13.3. The first-order valence-electron chi connectivity index (χ1n) is 9.62. The van der Waals surface area contributed by atoms with Gasteiger partial charge in [0.25, 0.3) is 0 Å². The van der Waals surface area contributed by atoms with E-state index < -0.39 is 31.0 Å². The Kier molecular flexibility index (Phi) is 6.74. The Labute approximate surface area is 178 Å². The first-order valence-corrected chi connectivity index (χ1v) is 13.0. The molecular weight excluding hydrogens is 426 g/mol. The molecule has 1 saturated heterocycles. The average Bonchev–Trinajstić information content (AvgIpc) is 3.03. The zero-order valence-electron chi connectivity index (χ0n) is 17.3. The number of sulfone groups is 2. The Morgan fingerprint density at radius 1 is 1.03 bits per heavy atom. The fraction of sp³-hybridized carbons (Fsp3) is 0.429. The summed E-state index contributed by atoms with van der Waals surface area (Å²) in [5, 5.41) is 2.13. The van der Waals surface area contributed by atoms with Crippen LogP contribution in [-0.2, 0) is 26.1 Å². The maximum Gasteiger partial charge on any atom is 0.183 e. The predicted molar refractivity (Wildman–Crippen MR) is 116 cm³/mol. The highest BCUT2D eigenvalue weighted by atomic mass is 32.2. The molecule has 1 heterocycles. The van der Waals surface area contributed by atoms with Crippen LogP contribution in [0.25, 0.3) is 0 Å². The van der Waals surface area contributed by atoms with E-state index in [-0.39, 0.29) is 16.4 Å². The molecule has 2 aromatic carbocycles. The molecule has 164 valence electrons. The largest absolute Gasteiger partial charge is 0.496 e. The molecule has 1 N–H and O–H groups in total. The molecule has 0 amide bonds. The summed E-state index contributed by atoms with van der Waals surface area (Å²) in [6.07, 6.45) is 0.592. The van der Waals surface area contributed by atoms with Crippen molar-refractivity contribution >= 4 is 19.7 Å². The number of hydrogen-bond acceptors (Lipinski definition) is 7. The van der Waals surface area contributed by atoms with Crippen molar-refractivity contribution in [2.24, 2.45) is 0 Å². The third kappa shape index (κ3) is 4.79. The molecule has 2 atom stereocenters. The Hall–Kier alpha value is -2.10. The highest BCUT2D eigenvalue weighted by molar-refractivity contribution is 7.96. The van der Waals surface area contributed by atoms with E-state index >= 15 is 0 Å². The highest BCUT2D eigenvalue weighted by Crippen LogP contribution is 2.29. The predicted octanol–water partition coefficient (Wildman–Crippen LogP) is 1.78. The minimum atomic E-state index is -3.84. The Morgan fingerprint density at radius 2 is 1.73 bits per heavy atom. The van der Waals surface area contributed by atoms with Crippen LogP contribution >= 0.6 is 0 Å². The van der Waals surface area contributed by atoms with Crippen molar-refractivity contribution in [3.05, 3.63) is 53.6 Å². The molecule has 9 heteroatoms. The van der Waals surface area contributed by atoms with Crippen molar-refractivity contribution in [2.75, 3.05) is 32.3 Å². The third-order valence-electron chi connectivity index (χ3n) is 5.39. The lowest BCUT2D eigenvalue weighted by Crippen LogP contribution is -2.44. The molecule has 2 aromatic rings. The van der Waals surface area contributed by atoms with Gasteiger partial charge >= 0.3 is 0 Å². The maximum atomic E-state index is 13.3. The lowest BCUT2D eigenvalue weighted by molar-refractivity contribution is 0.408. The van der Waals surface area contributed by atoms with Gasteiger partial charge in [-0.25, -0.2) is 16.8 Å². The van der Waals surface area contributed by atoms with Gasteiger partial charge in [0.2, 0.25) is 0 Å². The first kappa shape index (κ1) is 22.6. The Balaban J connectivity index is 1.79. The summed E-state index contributed by atoms with van der Waals surface area (Å²) in [6.45, 7) is 2.19. The monoisotopic (exact) mass is 453 g/mol. The molecule has 0 aliphatic carbocycles. The SMILES string of the molecule is COc1ccc(S(=O)(=O)[C@H]2CS(=O)(=O)C[C@@H]2NCCc2ccccc2OC)cc1C. The van der Waals surface area contributed by atoms with Crippen LogP contribution in [0.15, 0.2) is 47.4 Å². The van der Waals surface area contributed by atoms with Crippen LogP contribution in [-0.4, -0.2) is 60.4 Å². The van der Waals surface area contributed by atoms with E-state index in [0.717, 1.165) is 11.3 Å². The molecule has 7 nitrogen and oxygen atoms in total. The number of hydrogen-bond donors (Lipinski definition) is 1. The van der Waals surface area contributed by atoms with E-state index in [0.29, 0.717) is 24.3 Å². The van der Waals surface area contributed by atoms with Gasteiger partial charge < -0.3 is 14.8 Å².